The van der Waals surface area contributed by atoms with E-state index in [-0.39, 0.29) is 0 Å². The first-order valence-corrected chi connectivity index (χ1v) is 6.39. The summed E-state index contributed by atoms with van der Waals surface area (Å²) in [5.41, 5.74) is 8.02. The largest absolute Gasteiger partial charge is 0.397 e. The molecule has 88 valence electrons. The average Bonchev–Trinajstić information content (AvgIpc) is 2.30. The number of hydrogen-bond donors (Lipinski definition) is 2. The average molecular weight is 332 g/mol. The molecule has 5 heteroatoms. The zero-order valence-corrected chi connectivity index (χ0v) is 11.8. The van der Waals surface area contributed by atoms with Gasteiger partial charge in [-0.3, -0.25) is 0 Å². The molecule has 0 aliphatic rings. The maximum atomic E-state index is 6.09. The quantitative estimate of drug-likeness (QED) is 0.753. The highest BCUT2D eigenvalue weighted by Gasteiger charge is 2.06. The Hall–Kier alpha value is -0.900. The van der Waals surface area contributed by atoms with E-state index in [0.29, 0.717) is 15.7 Å². The van der Waals surface area contributed by atoms with Crippen LogP contribution in [0.5, 0.6) is 0 Å². The molecule has 2 aromatic carbocycles. The second-order valence-electron chi connectivity index (χ2n) is 3.46. The van der Waals surface area contributed by atoms with Gasteiger partial charge < -0.3 is 11.1 Å². The number of hydrogen-bond acceptors (Lipinski definition) is 2. The summed E-state index contributed by atoms with van der Waals surface area (Å²) in [6.45, 7) is 0. The molecule has 0 aromatic heterocycles. The SMILES string of the molecule is Nc1ccc(Br)cc1Nc1cccc(Cl)c1Cl. The summed E-state index contributed by atoms with van der Waals surface area (Å²) in [4.78, 5) is 0. The van der Waals surface area contributed by atoms with E-state index in [4.69, 9.17) is 28.9 Å². The molecule has 0 aliphatic carbocycles. The van der Waals surface area contributed by atoms with Crippen molar-refractivity contribution >= 4 is 56.2 Å². The lowest BCUT2D eigenvalue weighted by Gasteiger charge is -2.11. The Morgan fingerprint density at radius 2 is 1.82 bits per heavy atom. The fourth-order valence-corrected chi connectivity index (χ4v) is 2.09. The van der Waals surface area contributed by atoms with Crippen LogP contribution in [-0.4, -0.2) is 0 Å². The molecule has 17 heavy (non-hydrogen) atoms. The Balaban J connectivity index is 2.38. The van der Waals surface area contributed by atoms with Crippen LogP contribution in [0.4, 0.5) is 17.1 Å². The maximum absolute atomic E-state index is 6.09. The van der Waals surface area contributed by atoms with Gasteiger partial charge in [0.25, 0.3) is 0 Å². The van der Waals surface area contributed by atoms with Crippen LogP contribution in [0.15, 0.2) is 40.9 Å². The minimum absolute atomic E-state index is 0.480. The minimum Gasteiger partial charge on any atom is -0.397 e. The lowest BCUT2D eigenvalue weighted by atomic mass is 10.2. The van der Waals surface area contributed by atoms with Crippen LogP contribution in [0, 0.1) is 0 Å². The van der Waals surface area contributed by atoms with E-state index in [1.54, 1.807) is 6.07 Å². The Morgan fingerprint density at radius 3 is 2.59 bits per heavy atom. The highest BCUT2D eigenvalue weighted by molar-refractivity contribution is 9.10. The van der Waals surface area contributed by atoms with Crippen molar-refractivity contribution in [1.82, 2.24) is 0 Å². The monoisotopic (exact) mass is 330 g/mol. The molecule has 2 rings (SSSR count). The fourth-order valence-electron chi connectivity index (χ4n) is 1.38. The van der Waals surface area contributed by atoms with Gasteiger partial charge in [-0.2, -0.15) is 0 Å². The summed E-state index contributed by atoms with van der Waals surface area (Å²) in [5, 5.41) is 4.14. The van der Waals surface area contributed by atoms with Gasteiger partial charge in [-0.1, -0.05) is 45.2 Å². The van der Waals surface area contributed by atoms with Crippen LogP contribution in [0.1, 0.15) is 0 Å². The first-order valence-electron chi connectivity index (χ1n) is 4.84. The van der Waals surface area contributed by atoms with Crippen molar-refractivity contribution in [2.75, 3.05) is 11.1 Å². The van der Waals surface area contributed by atoms with Crippen LogP contribution < -0.4 is 11.1 Å². The Morgan fingerprint density at radius 1 is 1.06 bits per heavy atom. The minimum atomic E-state index is 0.480. The number of anilines is 3. The fraction of sp³-hybridized carbons (Fsp3) is 0. The number of nitrogens with one attached hydrogen (secondary N) is 1. The molecular weight excluding hydrogens is 323 g/mol. The molecule has 2 nitrogen and oxygen atoms in total. The molecule has 0 unspecified atom stereocenters. The number of nitrogen functional groups attached to an aromatic ring is 1. The molecule has 0 atom stereocenters. The van der Waals surface area contributed by atoms with Crippen molar-refractivity contribution in [3.63, 3.8) is 0 Å². The second-order valence-corrected chi connectivity index (χ2v) is 5.16. The first kappa shape index (κ1) is 12.6. The summed E-state index contributed by atoms with van der Waals surface area (Å²) < 4.78 is 0.937. The maximum Gasteiger partial charge on any atom is 0.0827 e. The molecule has 0 aliphatic heterocycles. The molecule has 0 fully saturated rings. The highest BCUT2D eigenvalue weighted by atomic mass is 79.9. The molecule has 0 heterocycles. The Bertz CT molecular complexity index is 558. The standard InChI is InChI=1S/C12H9BrCl2N2/c13-7-4-5-9(16)11(6-7)17-10-3-1-2-8(14)12(10)15/h1-6,17H,16H2. The summed E-state index contributed by atoms with van der Waals surface area (Å²) in [7, 11) is 0. The molecule has 2 aromatic rings. The van der Waals surface area contributed by atoms with E-state index in [0.717, 1.165) is 15.8 Å². The summed E-state index contributed by atoms with van der Waals surface area (Å²) in [6.07, 6.45) is 0. The molecule has 3 N–H and O–H groups in total. The van der Waals surface area contributed by atoms with Gasteiger partial charge in [0.15, 0.2) is 0 Å². The summed E-state index contributed by atoms with van der Waals surface area (Å²) in [6, 6.07) is 11.0. The predicted octanol–water partition coefficient (Wildman–Crippen LogP) is 5.08. The van der Waals surface area contributed by atoms with Gasteiger partial charge in [0.05, 0.1) is 27.1 Å². The van der Waals surface area contributed by atoms with Crippen molar-refractivity contribution in [2.45, 2.75) is 0 Å². The summed E-state index contributed by atoms with van der Waals surface area (Å²) in [5.74, 6) is 0. The van der Waals surface area contributed by atoms with Crippen LogP contribution >= 0.6 is 39.1 Å². The third kappa shape index (κ3) is 2.86. The smallest absolute Gasteiger partial charge is 0.0827 e. The summed E-state index contributed by atoms with van der Waals surface area (Å²) >= 11 is 15.4. The van der Waals surface area contributed by atoms with Gasteiger partial charge in [0.1, 0.15) is 0 Å². The van der Waals surface area contributed by atoms with Crippen molar-refractivity contribution in [1.29, 1.82) is 0 Å². The van der Waals surface area contributed by atoms with E-state index in [2.05, 4.69) is 21.2 Å². The van der Waals surface area contributed by atoms with Gasteiger partial charge in [-0.25, -0.2) is 0 Å². The van der Waals surface area contributed by atoms with Gasteiger partial charge in [-0.15, -0.1) is 0 Å². The number of benzene rings is 2. The number of halogens is 3. The predicted molar refractivity (Wildman–Crippen MR) is 78.3 cm³/mol. The topological polar surface area (TPSA) is 38.0 Å². The van der Waals surface area contributed by atoms with E-state index in [1.807, 2.05) is 30.3 Å². The lowest BCUT2D eigenvalue weighted by Crippen LogP contribution is -1.96. The van der Waals surface area contributed by atoms with Crippen LogP contribution in [-0.2, 0) is 0 Å². The van der Waals surface area contributed by atoms with Gasteiger partial charge in [0, 0.05) is 4.47 Å². The van der Waals surface area contributed by atoms with Crippen LogP contribution in [0.3, 0.4) is 0 Å². The number of rotatable bonds is 2. The molecule has 0 radical (unpaired) electrons. The van der Waals surface area contributed by atoms with Crippen molar-refractivity contribution in [3.05, 3.63) is 50.9 Å². The van der Waals surface area contributed by atoms with E-state index >= 15 is 0 Å². The molecule has 0 saturated carbocycles. The lowest BCUT2D eigenvalue weighted by molar-refractivity contribution is 1.53. The second kappa shape index (κ2) is 5.17. The number of nitrogens with two attached hydrogens (primary N) is 1. The van der Waals surface area contributed by atoms with Gasteiger partial charge in [-0.05, 0) is 30.3 Å². The molecule has 0 amide bonds. The Kier molecular flexibility index (Phi) is 3.82. The van der Waals surface area contributed by atoms with Crippen LogP contribution in [0.2, 0.25) is 10.0 Å². The van der Waals surface area contributed by atoms with Crippen molar-refractivity contribution < 1.29 is 0 Å². The third-order valence-electron chi connectivity index (χ3n) is 2.24. The molecule has 0 saturated heterocycles. The van der Waals surface area contributed by atoms with Gasteiger partial charge in [0.2, 0.25) is 0 Å². The normalized spacial score (nSPS) is 10.3. The van der Waals surface area contributed by atoms with Crippen molar-refractivity contribution in [3.8, 4) is 0 Å². The van der Waals surface area contributed by atoms with Gasteiger partial charge >= 0.3 is 0 Å². The molecule has 0 spiro atoms. The third-order valence-corrected chi connectivity index (χ3v) is 3.55. The van der Waals surface area contributed by atoms with Crippen LogP contribution in [0.25, 0.3) is 0 Å². The molecule has 0 bridgehead atoms. The Labute approximate surface area is 118 Å². The van der Waals surface area contributed by atoms with E-state index in [1.165, 1.54) is 0 Å². The molecular formula is C12H9BrCl2N2. The van der Waals surface area contributed by atoms with E-state index < -0.39 is 0 Å². The zero-order valence-electron chi connectivity index (χ0n) is 8.68. The van der Waals surface area contributed by atoms with Crippen molar-refractivity contribution in [2.24, 2.45) is 0 Å². The zero-order chi connectivity index (χ0) is 12.4. The van der Waals surface area contributed by atoms with E-state index in [9.17, 15) is 0 Å². The highest BCUT2D eigenvalue weighted by Crippen LogP contribution is 2.34. The first-order chi connectivity index (χ1) is 8.08.